The Kier molecular flexibility index (Phi) is 7.34. The van der Waals surface area contributed by atoms with Crippen LogP contribution in [0.4, 0.5) is 5.69 Å². The van der Waals surface area contributed by atoms with Crippen LogP contribution in [-0.2, 0) is 30.4 Å². The molecule has 1 aliphatic heterocycles. The Labute approximate surface area is 161 Å². The van der Waals surface area contributed by atoms with E-state index in [4.69, 9.17) is 9.29 Å². The molecule has 0 aliphatic carbocycles. The maximum atomic E-state index is 11.5. The van der Waals surface area contributed by atoms with Gasteiger partial charge in [0.05, 0.1) is 16.1 Å². The molecule has 0 aromatic heterocycles. The summed E-state index contributed by atoms with van der Waals surface area (Å²) in [7, 11) is -6.85. The van der Waals surface area contributed by atoms with Crippen LogP contribution in [0.25, 0.3) is 0 Å². The number of hydrogen-bond donors (Lipinski definition) is 2. The highest BCUT2D eigenvalue weighted by atomic mass is 32.2. The molecule has 1 unspecified atom stereocenters. The summed E-state index contributed by atoms with van der Waals surface area (Å²) in [5.74, 6) is -0.374. The van der Waals surface area contributed by atoms with Gasteiger partial charge in [0.2, 0.25) is 5.69 Å². The number of methoxy groups -OCH3 is 1. The van der Waals surface area contributed by atoms with Gasteiger partial charge in [0.25, 0.3) is 20.2 Å². The van der Waals surface area contributed by atoms with E-state index >= 15 is 0 Å². The average Bonchev–Trinajstić information content (AvgIpc) is 2.72. The summed E-state index contributed by atoms with van der Waals surface area (Å²) in [6.07, 6.45) is 0.602. The summed E-state index contributed by atoms with van der Waals surface area (Å²) >= 11 is 0. The molecule has 0 fully saturated rings. The highest BCUT2D eigenvalue weighted by Gasteiger charge is 2.46. The first kappa shape index (κ1) is 23.7. The van der Waals surface area contributed by atoms with Crippen LogP contribution in [-0.4, -0.2) is 62.2 Å². The van der Waals surface area contributed by atoms with Crippen molar-refractivity contribution in [3.05, 3.63) is 23.8 Å². The fraction of sp³-hybridized carbons (Fsp3) is 0.588. The van der Waals surface area contributed by atoms with Crippen molar-refractivity contribution < 1.29 is 35.3 Å². The normalized spacial score (nSPS) is 19.7. The summed E-state index contributed by atoms with van der Waals surface area (Å²) in [4.78, 5) is -0.210. The van der Waals surface area contributed by atoms with Crippen molar-refractivity contribution >= 4 is 31.6 Å². The van der Waals surface area contributed by atoms with Crippen LogP contribution in [0.3, 0.4) is 0 Å². The Morgan fingerprint density at radius 1 is 1.19 bits per heavy atom. The highest BCUT2D eigenvalue weighted by molar-refractivity contribution is 7.86. The molecule has 154 valence electrons. The molecule has 8 nitrogen and oxygen atoms in total. The first-order valence-corrected chi connectivity index (χ1v) is 11.1. The lowest BCUT2D eigenvalue weighted by atomic mass is 9.76. The second-order valence-corrected chi connectivity index (χ2v) is 9.60. The Balaban J connectivity index is 0.00000364. The molecular formula is C17H28NO7S2+. The SMILES string of the molecule is C.COCC[N+]1=C(C)C(C)(CCCS(=O)(=O)O)c2cc(S(=O)(=O)O)ccc21. The standard InChI is InChI=1S/C16H23NO7S2.CH4/c1-12-16(2,7-4-10-25(18,19)20)14-11-13(26(21,22)23)5-6-15(14)17(12)8-9-24-3;/h5-6,11H,4,7-10H2,1-3H3,(H-,18,19,20,21,22,23);1H4/p+1. The van der Waals surface area contributed by atoms with Gasteiger partial charge in [0.15, 0.2) is 12.3 Å². The van der Waals surface area contributed by atoms with Crippen LogP contribution >= 0.6 is 0 Å². The average molecular weight is 423 g/mol. The fourth-order valence-electron chi connectivity index (χ4n) is 3.42. The van der Waals surface area contributed by atoms with Crippen LogP contribution in [0, 0.1) is 0 Å². The second-order valence-electron chi connectivity index (χ2n) is 6.61. The summed E-state index contributed by atoms with van der Waals surface area (Å²) in [5, 5.41) is 0. The zero-order valence-electron chi connectivity index (χ0n) is 15.0. The van der Waals surface area contributed by atoms with Gasteiger partial charge in [-0.25, -0.2) is 0 Å². The van der Waals surface area contributed by atoms with Crippen molar-refractivity contribution in [3.8, 4) is 0 Å². The monoisotopic (exact) mass is 422 g/mol. The predicted octanol–water partition coefficient (Wildman–Crippen LogP) is 2.26. The first-order valence-electron chi connectivity index (χ1n) is 8.08. The maximum absolute atomic E-state index is 11.5. The summed E-state index contributed by atoms with van der Waals surface area (Å²) in [5.41, 5.74) is 1.78. The largest absolute Gasteiger partial charge is 0.378 e. The van der Waals surface area contributed by atoms with Crippen molar-refractivity contribution in [2.45, 2.75) is 44.4 Å². The topological polar surface area (TPSA) is 121 Å². The van der Waals surface area contributed by atoms with Crippen molar-refractivity contribution in [3.63, 3.8) is 0 Å². The van der Waals surface area contributed by atoms with Gasteiger partial charge in [-0.3, -0.25) is 9.11 Å². The molecule has 1 aromatic carbocycles. The Bertz CT molecular complexity index is 936. The van der Waals surface area contributed by atoms with E-state index in [9.17, 15) is 21.4 Å². The Hall–Kier alpha value is -1.33. The predicted molar refractivity (Wildman–Crippen MR) is 103 cm³/mol. The zero-order chi connectivity index (χ0) is 19.8. The summed E-state index contributed by atoms with van der Waals surface area (Å²) in [6, 6.07) is 4.39. The van der Waals surface area contributed by atoms with Gasteiger partial charge < -0.3 is 4.74 Å². The van der Waals surface area contributed by atoms with Gasteiger partial charge in [-0.2, -0.15) is 21.4 Å². The minimum absolute atomic E-state index is 0. The van der Waals surface area contributed by atoms with Gasteiger partial charge >= 0.3 is 0 Å². The molecule has 27 heavy (non-hydrogen) atoms. The van der Waals surface area contributed by atoms with Crippen molar-refractivity contribution in [1.29, 1.82) is 0 Å². The van der Waals surface area contributed by atoms with E-state index in [1.54, 1.807) is 13.2 Å². The summed E-state index contributed by atoms with van der Waals surface area (Å²) in [6.45, 7) is 4.80. The van der Waals surface area contributed by atoms with Crippen molar-refractivity contribution in [2.75, 3.05) is 26.0 Å². The molecule has 1 aliphatic rings. The van der Waals surface area contributed by atoms with Gasteiger partial charge in [0.1, 0.15) is 6.61 Å². The molecule has 1 atom stereocenters. The quantitative estimate of drug-likeness (QED) is 0.487. The first-order chi connectivity index (χ1) is 11.9. The minimum atomic E-state index is -4.36. The van der Waals surface area contributed by atoms with E-state index in [0.29, 0.717) is 25.1 Å². The van der Waals surface area contributed by atoms with E-state index in [1.807, 2.05) is 18.4 Å². The second kappa shape index (κ2) is 8.36. The number of rotatable bonds is 8. The third-order valence-corrected chi connectivity index (χ3v) is 6.61. The highest BCUT2D eigenvalue weighted by Crippen LogP contribution is 2.43. The van der Waals surface area contributed by atoms with Crippen LogP contribution in [0.5, 0.6) is 0 Å². The van der Waals surface area contributed by atoms with Crippen LogP contribution in [0.2, 0.25) is 0 Å². The van der Waals surface area contributed by atoms with Gasteiger partial charge in [0, 0.05) is 25.7 Å². The van der Waals surface area contributed by atoms with E-state index in [1.165, 1.54) is 12.1 Å². The number of ether oxygens (including phenoxy) is 1. The smallest absolute Gasteiger partial charge is 0.294 e. The molecule has 10 heteroatoms. The van der Waals surface area contributed by atoms with E-state index in [-0.39, 0.29) is 24.5 Å². The number of nitrogens with zero attached hydrogens (tertiary/aromatic N) is 1. The third kappa shape index (κ3) is 5.14. The number of benzene rings is 1. The molecule has 0 bridgehead atoms. The molecule has 0 amide bonds. The Morgan fingerprint density at radius 2 is 1.81 bits per heavy atom. The number of hydrogen-bond acceptors (Lipinski definition) is 5. The fourth-order valence-corrected chi connectivity index (χ4v) is 4.44. The van der Waals surface area contributed by atoms with Gasteiger partial charge in [-0.05, 0) is 31.9 Å². The molecule has 2 N–H and O–H groups in total. The molecule has 1 aromatic rings. The van der Waals surface area contributed by atoms with Crippen LogP contribution in [0.15, 0.2) is 23.1 Å². The molecule has 0 radical (unpaired) electrons. The Morgan fingerprint density at radius 3 is 2.33 bits per heavy atom. The maximum Gasteiger partial charge on any atom is 0.294 e. The molecule has 0 spiro atoms. The van der Waals surface area contributed by atoms with Gasteiger partial charge in [-0.1, -0.05) is 7.43 Å². The molecule has 0 saturated heterocycles. The van der Waals surface area contributed by atoms with E-state index in [0.717, 1.165) is 11.4 Å². The van der Waals surface area contributed by atoms with Crippen LogP contribution in [0.1, 0.15) is 39.7 Å². The lowest BCUT2D eigenvalue weighted by molar-refractivity contribution is -0.443. The summed E-state index contributed by atoms with van der Waals surface area (Å²) < 4.78 is 70.6. The minimum Gasteiger partial charge on any atom is -0.378 e. The van der Waals surface area contributed by atoms with Crippen LogP contribution < -0.4 is 0 Å². The molecule has 2 rings (SSSR count). The lowest BCUT2D eigenvalue weighted by Gasteiger charge is -2.22. The molecule has 0 saturated carbocycles. The molecular weight excluding hydrogens is 394 g/mol. The zero-order valence-corrected chi connectivity index (χ0v) is 16.6. The number of fused-ring (bicyclic) bond motifs is 1. The van der Waals surface area contributed by atoms with E-state index in [2.05, 4.69) is 0 Å². The van der Waals surface area contributed by atoms with Gasteiger partial charge in [-0.15, -0.1) is 0 Å². The lowest BCUT2D eigenvalue weighted by Crippen LogP contribution is -2.31. The van der Waals surface area contributed by atoms with Crippen molar-refractivity contribution in [2.24, 2.45) is 0 Å². The molecule has 1 heterocycles. The third-order valence-electron chi connectivity index (χ3n) is 4.95. The van der Waals surface area contributed by atoms with E-state index < -0.39 is 25.7 Å². The van der Waals surface area contributed by atoms with Crippen molar-refractivity contribution in [1.82, 2.24) is 0 Å².